The van der Waals surface area contributed by atoms with E-state index in [0.717, 1.165) is 12.8 Å². The van der Waals surface area contributed by atoms with Gasteiger partial charge in [0.05, 0.1) is 24.4 Å². The van der Waals surface area contributed by atoms with E-state index in [0.29, 0.717) is 19.1 Å². The molecule has 112 valence electrons. The Bertz CT molecular complexity index is 303. The fourth-order valence-corrected chi connectivity index (χ4v) is 2.72. The van der Waals surface area contributed by atoms with Crippen molar-refractivity contribution in [3.05, 3.63) is 0 Å². The average Bonchev–Trinajstić information content (AvgIpc) is 2.56. The van der Waals surface area contributed by atoms with Crippen molar-refractivity contribution >= 4 is 5.91 Å². The Labute approximate surface area is 117 Å². The summed E-state index contributed by atoms with van der Waals surface area (Å²) >= 11 is 0. The van der Waals surface area contributed by atoms with Gasteiger partial charge in [0.2, 0.25) is 5.91 Å². The summed E-state index contributed by atoms with van der Waals surface area (Å²) in [6.07, 6.45) is 1.99. The van der Waals surface area contributed by atoms with Gasteiger partial charge in [-0.05, 0) is 39.5 Å². The van der Waals surface area contributed by atoms with Gasteiger partial charge in [0, 0.05) is 6.61 Å². The van der Waals surface area contributed by atoms with E-state index >= 15 is 0 Å². The molecule has 0 saturated carbocycles. The van der Waals surface area contributed by atoms with E-state index in [9.17, 15) is 4.79 Å². The third-order valence-corrected chi connectivity index (χ3v) is 3.54. The summed E-state index contributed by atoms with van der Waals surface area (Å²) in [5, 5.41) is 3.46. The maximum absolute atomic E-state index is 12.4. The molecular weight excluding hydrogens is 240 g/mol. The molecule has 0 spiro atoms. The fraction of sp³-hybridized carbons (Fsp3) is 0.933. The van der Waals surface area contributed by atoms with Crippen molar-refractivity contribution in [2.45, 2.75) is 72.2 Å². The zero-order chi connectivity index (χ0) is 14.6. The standard InChI is InChI=1S/C15H30N2O2/c1-7-12-14(18)17(10-15(5,6)19-8-2)13(16-12)9-11(3)4/h11-13,16H,7-10H2,1-6H3. The highest BCUT2D eigenvalue weighted by molar-refractivity contribution is 5.84. The first-order valence-corrected chi connectivity index (χ1v) is 7.51. The molecule has 1 fully saturated rings. The van der Waals surface area contributed by atoms with Crippen LogP contribution in [0, 0.1) is 5.92 Å². The van der Waals surface area contributed by atoms with E-state index in [-0.39, 0.29) is 23.7 Å². The number of amides is 1. The molecule has 0 aromatic rings. The smallest absolute Gasteiger partial charge is 0.241 e. The van der Waals surface area contributed by atoms with Crippen molar-refractivity contribution in [3.63, 3.8) is 0 Å². The van der Waals surface area contributed by atoms with Crippen LogP contribution in [0.1, 0.15) is 54.4 Å². The fourth-order valence-electron chi connectivity index (χ4n) is 2.72. The lowest BCUT2D eigenvalue weighted by Crippen LogP contribution is -2.47. The molecule has 1 heterocycles. The predicted octanol–water partition coefficient (Wildman–Crippen LogP) is 2.38. The summed E-state index contributed by atoms with van der Waals surface area (Å²) in [7, 11) is 0. The van der Waals surface area contributed by atoms with Gasteiger partial charge in [-0.1, -0.05) is 20.8 Å². The van der Waals surface area contributed by atoms with Crippen molar-refractivity contribution in [1.82, 2.24) is 10.2 Å². The van der Waals surface area contributed by atoms with Gasteiger partial charge in [0.25, 0.3) is 0 Å². The minimum atomic E-state index is -0.288. The maximum atomic E-state index is 12.4. The summed E-state index contributed by atoms with van der Waals surface area (Å²) in [5.41, 5.74) is -0.288. The normalized spacial score (nSPS) is 24.6. The second-order valence-corrected chi connectivity index (χ2v) is 6.43. The Morgan fingerprint density at radius 3 is 2.47 bits per heavy atom. The van der Waals surface area contributed by atoms with Crippen LogP contribution in [0.2, 0.25) is 0 Å². The Kier molecular flexibility index (Phi) is 5.81. The van der Waals surface area contributed by atoms with Gasteiger partial charge in [-0.3, -0.25) is 10.1 Å². The summed E-state index contributed by atoms with van der Waals surface area (Å²) in [5.74, 6) is 0.791. The predicted molar refractivity (Wildman–Crippen MR) is 77.9 cm³/mol. The molecule has 1 rings (SSSR count). The van der Waals surface area contributed by atoms with E-state index < -0.39 is 0 Å². The van der Waals surface area contributed by atoms with Crippen LogP contribution in [0.5, 0.6) is 0 Å². The summed E-state index contributed by atoms with van der Waals surface area (Å²) in [6.45, 7) is 13.9. The van der Waals surface area contributed by atoms with Crippen LogP contribution >= 0.6 is 0 Å². The molecule has 4 heteroatoms. The molecule has 0 bridgehead atoms. The van der Waals surface area contributed by atoms with Gasteiger partial charge in [-0.2, -0.15) is 0 Å². The Hall–Kier alpha value is -0.610. The molecule has 0 radical (unpaired) electrons. The highest BCUT2D eigenvalue weighted by atomic mass is 16.5. The molecular formula is C15H30N2O2. The second-order valence-electron chi connectivity index (χ2n) is 6.43. The Morgan fingerprint density at radius 2 is 2.00 bits per heavy atom. The van der Waals surface area contributed by atoms with Gasteiger partial charge in [0.15, 0.2) is 0 Å². The number of rotatable bonds is 7. The molecule has 4 nitrogen and oxygen atoms in total. The number of nitrogens with zero attached hydrogens (tertiary/aromatic N) is 1. The van der Waals surface area contributed by atoms with E-state index in [1.54, 1.807) is 0 Å². The maximum Gasteiger partial charge on any atom is 0.241 e. The minimum Gasteiger partial charge on any atom is -0.374 e. The average molecular weight is 270 g/mol. The monoisotopic (exact) mass is 270 g/mol. The van der Waals surface area contributed by atoms with Crippen molar-refractivity contribution < 1.29 is 9.53 Å². The van der Waals surface area contributed by atoms with Gasteiger partial charge in [-0.25, -0.2) is 0 Å². The quantitative estimate of drug-likeness (QED) is 0.772. The molecule has 2 atom stereocenters. The number of nitrogens with one attached hydrogen (secondary N) is 1. The van der Waals surface area contributed by atoms with Crippen LogP contribution in [0.25, 0.3) is 0 Å². The SMILES string of the molecule is CCOC(C)(C)CN1C(=O)C(CC)NC1CC(C)C. The van der Waals surface area contributed by atoms with Crippen LogP contribution in [-0.2, 0) is 9.53 Å². The zero-order valence-corrected chi connectivity index (χ0v) is 13.3. The number of carbonyl (C=O) groups is 1. The van der Waals surface area contributed by atoms with Gasteiger partial charge < -0.3 is 9.64 Å². The molecule has 1 aliphatic rings. The van der Waals surface area contributed by atoms with Gasteiger partial charge in [-0.15, -0.1) is 0 Å². The first-order chi connectivity index (χ1) is 8.80. The van der Waals surface area contributed by atoms with Gasteiger partial charge >= 0.3 is 0 Å². The van der Waals surface area contributed by atoms with E-state index in [4.69, 9.17) is 4.74 Å². The Balaban J connectivity index is 2.77. The molecule has 0 aromatic heterocycles. The van der Waals surface area contributed by atoms with E-state index in [1.807, 2.05) is 11.8 Å². The molecule has 1 saturated heterocycles. The highest BCUT2D eigenvalue weighted by Gasteiger charge is 2.40. The molecule has 0 aromatic carbocycles. The lowest BCUT2D eigenvalue weighted by Gasteiger charge is -2.34. The summed E-state index contributed by atoms with van der Waals surface area (Å²) < 4.78 is 5.74. The molecule has 2 unspecified atom stereocenters. The van der Waals surface area contributed by atoms with Crippen molar-refractivity contribution in [3.8, 4) is 0 Å². The van der Waals surface area contributed by atoms with Crippen LogP contribution < -0.4 is 5.32 Å². The second kappa shape index (κ2) is 6.71. The molecule has 19 heavy (non-hydrogen) atoms. The zero-order valence-electron chi connectivity index (χ0n) is 13.3. The highest BCUT2D eigenvalue weighted by Crippen LogP contribution is 2.23. The number of ether oxygens (including phenoxy) is 1. The van der Waals surface area contributed by atoms with Crippen molar-refractivity contribution in [2.24, 2.45) is 5.92 Å². The number of hydrogen-bond donors (Lipinski definition) is 1. The number of hydrogen-bond acceptors (Lipinski definition) is 3. The van der Waals surface area contributed by atoms with Crippen LogP contribution in [0.4, 0.5) is 0 Å². The molecule has 1 amide bonds. The lowest BCUT2D eigenvalue weighted by molar-refractivity contribution is -0.134. The van der Waals surface area contributed by atoms with Crippen LogP contribution in [0.3, 0.4) is 0 Å². The van der Waals surface area contributed by atoms with Crippen molar-refractivity contribution in [1.29, 1.82) is 0 Å². The third kappa shape index (κ3) is 4.46. The minimum absolute atomic E-state index is 0.0267. The molecule has 1 aliphatic heterocycles. The van der Waals surface area contributed by atoms with Crippen molar-refractivity contribution in [2.75, 3.05) is 13.2 Å². The Morgan fingerprint density at radius 1 is 1.37 bits per heavy atom. The third-order valence-electron chi connectivity index (χ3n) is 3.54. The van der Waals surface area contributed by atoms with Crippen LogP contribution in [-0.4, -0.2) is 41.8 Å². The van der Waals surface area contributed by atoms with E-state index in [2.05, 4.69) is 39.9 Å². The summed E-state index contributed by atoms with van der Waals surface area (Å²) in [6, 6.07) is -0.0267. The molecule has 0 aliphatic carbocycles. The first kappa shape index (κ1) is 16.4. The topological polar surface area (TPSA) is 41.6 Å². The first-order valence-electron chi connectivity index (χ1n) is 7.51. The number of carbonyl (C=O) groups excluding carboxylic acids is 1. The van der Waals surface area contributed by atoms with E-state index in [1.165, 1.54) is 0 Å². The largest absolute Gasteiger partial charge is 0.374 e. The lowest BCUT2D eigenvalue weighted by atomic mass is 10.1. The van der Waals surface area contributed by atoms with Gasteiger partial charge in [0.1, 0.15) is 0 Å². The molecule has 1 N–H and O–H groups in total. The summed E-state index contributed by atoms with van der Waals surface area (Å²) in [4.78, 5) is 14.4. The van der Waals surface area contributed by atoms with Crippen LogP contribution in [0.15, 0.2) is 0 Å².